The van der Waals surface area contributed by atoms with E-state index in [0.29, 0.717) is 5.15 Å². The second-order valence-electron chi connectivity index (χ2n) is 4.09. The maximum absolute atomic E-state index is 6.11. The fourth-order valence-electron chi connectivity index (χ4n) is 1.43. The molecule has 2 heterocycles. The van der Waals surface area contributed by atoms with Gasteiger partial charge in [0.25, 0.3) is 0 Å². The Morgan fingerprint density at radius 3 is 2.53 bits per heavy atom. The Kier molecular flexibility index (Phi) is 3.33. The van der Waals surface area contributed by atoms with E-state index in [0.717, 1.165) is 22.8 Å². The van der Waals surface area contributed by atoms with Gasteiger partial charge in [-0.2, -0.15) is 0 Å². The van der Waals surface area contributed by atoms with Gasteiger partial charge in [0.15, 0.2) is 0 Å². The lowest BCUT2D eigenvalue weighted by Gasteiger charge is -2.10. The molecule has 2 aromatic rings. The van der Waals surface area contributed by atoms with Crippen LogP contribution in [0.4, 0.5) is 0 Å². The maximum atomic E-state index is 6.11. The molecule has 0 aliphatic heterocycles. The second-order valence-corrected chi connectivity index (χ2v) is 4.45. The largest absolute Gasteiger partial charge is 0.261 e. The van der Waals surface area contributed by atoms with Crippen molar-refractivity contribution in [2.75, 3.05) is 0 Å². The van der Waals surface area contributed by atoms with E-state index in [1.807, 2.05) is 20.8 Å². The highest BCUT2D eigenvalue weighted by atomic mass is 35.5. The van der Waals surface area contributed by atoms with Gasteiger partial charge in [-0.1, -0.05) is 25.4 Å². The molecule has 0 unspecified atom stereocenters. The topological polar surface area (TPSA) is 51.6 Å². The second kappa shape index (κ2) is 4.75. The number of aromatic nitrogens is 4. The van der Waals surface area contributed by atoms with Crippen LogP contribution in [0.2, 0.25) is 5.15 Å². The lowest BCUT2D eigenvalue weighted by molar-refractivity contribution is 0.772. The molecule has 0 spiro atoms. The molecular weight excluding hydrogens is 236 g/mol. The van der Waals surface area contributed by atoms with Gasteiger partial charge in [-0.05, 0) is 6.92 Å². The Morgan fingerprint density at radius 2 is 1.94 bits per heavy atom. The van der Waals surface area contributed by atoms with Crippen molar-refractivity contribution in [3.63, 3.8) is 0 Å². The van der Waals surface area contributed by atoms with Crippen LogP contribution in [0.25, 0.3) is 11.4 Å². The van der Waals surface area contributed by atoms with E-state index in [4.69, 9.17) is 11.6 Å². The van der Waals surface area contributed by atoms with E-state index < -0.39 is 0 Å². The van der Waals surface area contributed by atoms with Crippen LogP contribution < -0.4 is 0 Å². The van der Waals surface area contributed by atoms with Crippen LogP contribution in [0.3, 0.4) is 0 Å². The van der Waals surface area contributed by atoms with Crippen molar-refractivity contribution in [1.29, 1.82) is 0 Å². The Labute approximate surface area is 105 Å². The quantitative estimate of drug-likeness (QED) is 0.767. The summed E-state index contributed by atoms with van der Waals surface area (Å²) >= 11 is 6.11. The summed E-state index contributed by atoms with van der Waals surface area (Å²) in [4.78, 5) is 17.0. The molecule has 0 atom stereocenters. The Hall–Kier alpha value is -1.55. The molecule has 0 N–H and O–H groups in total. The lowest BCUT2D eigenvalue weighted by atomic mass is 10.1. The average Bonchev–Trinajstić information content (AvgIpc) is 2.33. The highest BCUT2D eigenvalue weighted by molar-refractivity contribution is 6.30. The molecule has 0 aliphatic carbocycles. The lowest BCUT2D eigenvalue weighted by Crippen LogP contribution is -2.03. The third kappa shape index (κ3) is 2.42. The molecule has 0 saturated carbocycles. The van der Waals surface area contributed by atoms with Gasteiger partial charge in [0.2, 0.25) is 0 Å². The van der Waals surface area contributed by atoms with E-state index in [1.54, 1.807) is 18.6 Å². The molecule has 2 aromatic heterocycles. The van der Waals surface area contributed by atoms with E-state index in [1.165, 1.54) is 0 Å². The van der Waals surface area contributed by atoms with E-state index in [-0.39, 0.29) is 5.92 Å². The molecule has 0 aliphatic rings. The smallest absolute Gasteiger partial charge is 0.136 e. The van der Waals surface area contributed by atoms with Crippen molar-refractivity contribution < 1.29 is 0 Å². The van der Waals surface area contributed by atoms with Crippen molar-refractivity contribution >= 4 is 11.6 Å². The molecule has 5 heteroatoms. The number of hydrogen-bond acceptors (Lipinski definition) is 4. The van der Waals surface area contributed by atoms with Gasteiger partial charge in [-0.3, -0.25) is 9.97 Å². The molecule has 0 aromatic carbocycles. The Morgan fingerprint density at radius 1 is 1.18 bits per heavy atom. The van der Waals surface area contributed by atoms with Gasteiger partial charge in [0, 0.05) is 23.9 Å². The van der Waals surface area contributed by atoms with E-state index >= 15 is 0 Å². The SMILES string of the molecule is Cc1c(Cl)nc(C(C)C)nc1-c1cnccn1. The van der Waals surface area contributed by atoms with Crippen LogP contribution in [0.5, 0.6) is 0 Å². The van der Waals surface area contributed by atoms with E-state index in [2.05, 4.69) is 19.9 Å². The van der Waals surface area contributed by atoms with Crippen molar-refractivity contribution in [2.24, 2.45) is 0 Å². The van der Waals surface area contributed by atoms with Gasteiger partial charge in [0.05, 0.1) is 11.9 Å². The van der Waals surface area contributed by atoms with Crippen LogP contribution >= 0.6 is 11.6 Å². The summed E-state index contributed by atoms with van der Waals surface area (Å²) in [6.45, 7) is 5.94. The molecule has 0 amide bonds. The summed E-state index contributed by atoms with van der Waals surface area (Å²) in [6.07, 6.45) is 4.95. The van der Waals surface area contributed by atoms with Crippen molar-refractivity contribution in [3.8, 4) is 11.4 Å². The monoisotopic (exact) mass is 248 g/mol. The number of halogens is 1. The van der Waals surface area contributed by atoms with Crippen LogP contribution in [0, 0.1) is 6.92 Å². The van der Waals surface area contributed by atoms with Crippen LogP contribution in [-0.4, -0.2) is 19.9 Å². The summed E-state index contributed by atoms with van der Waals surface area (Å²) in [7, 11) is 0. The predicted octanol–water partition coefficient (Wildman–Crippen LogP) is 3.02. The molecule has 0 fully saturated rings. The summed E-state index contributed by atoms with van der Waals surface area (Å²) in [6, 6.07) is 0. The van der Waals surface area contributed by atoms with Crippen LogP contribution in [0.1, 0.15) is 31.2 Å². The summed E-state index contributed by atoms with van der Waals surface area (Å²) in [5.74, 6) is 0.949. The summed E-state index contributed by atoms with van der Waals surface area (Å²) < 4.78 is 0. The van der Waals surface area contributed by atoms with Gasteiger partial charge in [-0.25, -0.2) is 9.97 Å². The molecule has 2 rings (SSSR count). The normalized spacial score (nSPS) is 10.9. The highest BCUT2D eigenvalue weighted by Gasteiger charge is 2.13. The maximum Gasteiger partial charge on any atom is 0.136 e. The molecule has 0 saturated heterocycles. The number of rotatable bonds is 2. The fraction of sp³-hybridized carbons (Fsp3) is 0.333. The van der Waals surface area contributed by atoms with E-state index in [9.17, 15) is 0 Å². The van der Waals surface area contributed by atoms with Crippen LogP contribution in [0.15, 0.2) is 18.6 Å². The van der Waals surface area contributed by atoms with Crippen molar-refractivity contribution in [2.45, 2.75) is 26.7 Å². The molecule has 0 radical (unpaired) electrons. The first-order chi connectivity index (χ1) is 8.09. The first kappa shape index (κ1) is 11.9. The zero-order valence-corrected chi connectivity index (χ0v) is 10.7. The summed E-state index contributed by atoms with van der Waals surface area (Å²) in [5, 5.41) is 0.476. The molecule has 17 heavy (non-hydrogen) atoms. The molecule has 0 bridgehead atoms. The first-order valence-electron chi connectivity index (χ1n) is 5.40. The van der Waals surface area contributed by atoms with Crippen molar-refractivity contribution in [3.05, 3.63) is 35.1 Å². The zero-order chi connectivity index (χ0) is 12.4. The number of nitrogens with zero attached hydrogens (tertiary/aromatic N) is 4. The van der Waals surface area contributed by atoms with Gasteiger partial charge in [-0.15, -0.1) is 0 Å². The third-order valence-corrected chi connectivity index (χ3v) is 2.79. The van der Waals surface area contributed by atoms with Crippen LogP contribution in [-0.2, 0) is 0 Å². The van der Waals surface area contributed by atoms with Gasteiger partial charge in [0.1, 0.15) is 16.7 Å². The minimum absolute atomic E-state index is 0.225. The third-order valence-electron chi connectivity index (χ3n) is 2.43. The molecule has 4 nitrogen and oxygen atoms in total. The number of hydrogen-bond donors (Lipinski definition) is 0. The highest BCUT2D eigenvalue weighted by Crippen LogP contribution is 2.25. The Balaban J connectivity index is 2.61. The predicted molar refractivity (Wildman–Crippen MR) is 66.9 cm³/mol. The minimum atomic E-state index is 0.225. The fourth-order valence-corrected chi connectivity index (χ4v) is 1.61. The molecular formula is C12H13ClN4. The van der Waals surface area contributed by atoms with Gasteiger partial charge >= 0.3 is 0 Å². The zero-order valence-electron chi connectivity index (χ0n) is 9.98. The van der Waals surface area contributed by atoms with Gasteiger partial charge < -0.3 is 0 Å². The Bertz CT molecular complexity index is 526. The van der Waals surface area contributed by atoms with Crippen molar-refractivity contribution in [1.82, 2.24) is 19.9 Å². The molecule has 88 valence electrons. The average molecular weight is 249 g/mol. The minimum Gasteiger partial charge on any atom is -0.261 e. The summed E-state index contributed by atoms with van der Waals surface area (Å²) in [5.41, 5.74) is 2.30. The standard InChI is InChI=1S/C12H13ClN4/c1-7(2)12-16-10(8(3)11(13)17-12)9-6-14-4-5-15-9/h4-7H,1-3H3. The first-order valence-corrected chi connectivity index (χ1v) is 5.77.